The Bertz CT molecular complexity index is 1160. The van der Waals surface area contributed by atoms with Gasteiger partial charge in [-0.15, -0.1) is 0 Å². The fraction of sp³-hybridized carbons (Fsp3) is 0.348. The third-order valence-corrected chi connectivity index (χ3v) is 7.71. The van der Waals surface area contributed by atoms with Crippen LogP contribution in [0, 0.1) is 0 Å². The second-order valence-electron chi connectivity index (χ2n) is 8.59. The van der Waals surface area contributed by atoms with Crippen LogP contribution in [0.2, 0.25) is 0 Å². The monoisotopic (exact) mass is 454 g/mol. The van der Waals surface area contributed by atoms with Crippen molar-refractivity contribution in [3.8, 4) is 0 Å². The number of likely N-dealkylation sites (tertiary alicyclic amines) is 1. The average Bonchev–Trinajstić information content (AvgIpc) is 3.38. The van der Waals surface area contributed by atoms with E-state index in [1.165, 1.54) is 15.7 Å². The molecule has 0 radical (unpaired) electrons. The Morgan fingerprint density at radius 2 is 1.72 bits per heavy atom. The third-order valence-electron chi connectivity index (χ3n) is 6.58. The molecule has 3 aliphatic heterocycles. The van der Waals surface area contributed by atoms with Gasteiger partial charge in [-0.2, -0.15) is 5.17 Å². The van der Waals surface area contributed by atoms with Gasteiger partial charge in [-0.3, -0.25) is 4.31 Å². The van der Waals surface area contributed by atoms with Crippen LogP contribution in [-0.2, 0) is 20.3 Å². The molecule has 0 atom stereocenters. The molecule has 32 heavy (non-hydrogen) atoms. The summed E-state index contributed by atoms with van der Waals surface area (Å²) in [4.78, 5) is 20.2. The number of sulfonamides is 1. The summed E-state index contributed by atoms with van der Waals surface area (Å²) in [7, 11) is -3.35. The van der Waals surface area contributed by atoms with Crippen molar-refractivity contribution < 1.29 is 18.0 Å². The van der Waals surface area contributed by atoms with Gasteiger partial charge in [-0.05, 0) is 30.0 Å². The maximum atomic E-state index is 12.8. The lowest BCUT2D eigenvalue weighted by Crippen LogP contribution is -2.52. The first-order chi connectivity index (χ1) is 15.4. The molecule has 5 rings (SSSR count). The van der Waals surface area contributed by atoms with Gasteiger partial charge < -0.3 is 4.90 Å². The number of hydrogen-bond donors (Lipinski definition) is 1. The Hall–Kier alpha value is -3.04. The molecule has 2 aromatic rings. The van der Waals surface area contributed by atoms with E-state index in [0.29, 0.717) is 39.1 Å². The number of hydrazine groups is 1. The van der Waals surface area contributed by atoms with Crippen LogP contribution in [0.1, 0.15) is 24.0 Å². The number of nitrogens with one attached hydrogen (secondary N) is 1. The molecule has 0 saturated carbocycles. The van der Waals surface area contributed by atoms with Gasteiger partial charge in [0.2, 0.25) is 10.0 Å². The zero-order valence-electron chi connectivity index (χ0n) is 17.9. The van der Waals surface area contributed by atoms with Crippen LogP contribution in [0.15, 0.2) is 60.8 Å². The largest absolute Gasteiger partial charge is 0.338 e. The zero-order chi connectivity index (χ0) is 22.3. The summed E-state index contributed by atoms with van der Waals surface area (Å²) in [5.74, 6) is 0. The molecule has 3 aliphatic rings. The van der Waals surface area contributed by atoms with Crippen LogP contribution >= 0.6 is 0 Å². The fourth-order valence-corrected chi connectivity index (χ4v) is 5.84. The number of hydroxylamine groups is 1. The summed E-state index contributed by atoms with van der Waals surface area (Å²) in [6.07, 6.45) is 4.44. The summed E-state index contributed by atoms with van der Waals surface area (Å²) in [6, 6.07) is 17.4. The van der Waals surface area contributed by atoms with Gasteiger partial charge in [0.05, 0.1) is 18.1 Å². The molecule has 3 heterocycles. The predicted molar refractivity (Wildman–Crippen MR) is 122 cm³/mol. The molecule has 0 aromatic heterocycles. The number of nitrogens with zero attached hydrogens (tertiary/aromatic N) is 3. The highest BCUT2D eigenvalue weighted by Crippen LogP contribution is 2.47. The van der Waals surface area contributed by atoms with Crippen LogP contribution in [0.25, 0.3) is 5.57 Å². The highest BCUT2D eigenvalue weighted by Gasteiger charge is 2.47. The number of carbonyl (C=O) groups excluding carboxylic acids is 1. The highest BCUT2D eigenvalue weighted by molar-refractivity contribution is 7.92. The van der Waals surface area contributed by atoms with Crippen molar-refractivity contribution in [1.82, 2.24) is 15.5 Å². The fourth-order valence-electron chi connectivity index (χ4n) is 4.84. The number of fused-ring (bicyclic) bond motifs is 2. The molecule has 9 heteroatoms. The number of rotatable bonds is 3. The standard InChI is InChI=1S/C23H26N4O4S/c1-32(29,30)26-17-23(20-9-5-6-10-21(20)26)11-13-25(14-12-23)22(28)24-27-15-19(16-31-27)18-7-3-2-4-8-18/h2-10,15H,11-14,16-17H2,1H3,(H,24,28). The first-order valence-electron chi connectivity index (χ1n) is 10.7. The minimum Gasteiger partial charge on any atom is -0.323 e. The predicted octanol–water partition coefficient (Wildman–Crippen LogP) is 2.71. The van der Waals surface area contributed by atoms with E-state index in [2.05, 4.69) is 5.43 Å². The van der Waals surface area contributed by atoms with Crippen LogP contribution < -0.4 is 9.73 Å². The van der Waals surface area contributed by atoms with Gasteiger partial charge in [0.1, 0.15) is 6.61 Å². The molecule has 1 N–H and O–H groups in total. The molecule has 0 aliphatic carbocycles. The number of hydrogen-bond acceptors (Lipinski definition) is 5. The van der Waals surface area contributed by atoms with Crippen molar-refractivity contribution in [1.29, 1.82) is 0 Å². The summed E-state index contributed by atoms with van der Waals surface area (Å²) in [6.45, 7) is 1.91. The summed E-state index contributed by atoms with van der Waals surface area (Å²) < 4.78 is 26.2. The van der Waals surface area contributed by atoms with E-state index in [1.807, 2.05) is 54.6 Å². The molecule has 168 valence electrons. The van der Waals surface area contributed by atoms with E-state index in [0.717, 1.165) is 22.4 Å². The first kappa shape index (κ1) is 20.8. The van der Waals surface area contributed by atoms with E-state index in [1.54, 1.807) is 11.1 Å². The Kier molecular flexibility index (Phi) is 5.10. The Morgan fingerprint density at radius 3 is 2.44 bits per heavy atom. The van der Waals surface area contributed by atoms with Crippen LogP contribution in [0.5, 0.6) is 0 Å². The molecule has 1 spiro atoms. The van der Waals surface area contributed by atoms with Crippen molar-refractivity contribution >= 4 is 27.3 Å². The van der Waals surface area contributed by atoms with Gasteiger partial charge >= 0.3 is 6.03 Å². The topological polar surface area (TPSA) is 82.2 Å². The van der Waals surface area contributed by atoms with E-state index in [-0.39, 0.29) is 11.4 Å². The number of benzene rings is 2. The van der Waals surface area contributed by atoms with Gasteiger partial charge in [0, 0.05) is 30.6 Å². The van der Waals surface area contributed by atoms with Crippen molar-refractivity contribution in [2.75, 3.05) is 36.8 Å². The first-order valence-corrected chi connectivity index (χ1v) is 12.5. The molecule has 0 unspecified atom stereocenters. The average molecular weight is 455 g/mol. The lowest BCUT2D eigenvalue weighted by molar-refractivity contribution is -0.119. The molecule has 8 nitrogen and oxygen atoms in total. The SMILES string of the molecule is CS(=O)(=O)N1CC2(CCN(C(=O)NN3C=C(c4ccccc4)CO3)CC2)c2ccccc21. The molecule has 2 amide bonds. The number of para-hydroxylation sites is 1. The summed E-state index contributed by atoms with van der Waals surface area (Å²) >= 11 is 0. The van der Waals surface area contributed by atoms with Crippen molar-refractivity contribution in [2.45, 2.75) is 18.3 Å². The molecule has 0 bridgehead atoms. The normalized spacial score (nSPS) is 19.8. The van der Waals surface area contributed by atoms with E-state index < -0.39 is 10.0 Å². The molecule has 1 saturated heterocycles. The second-order valence-corrected chi connectivity index (χ2v) is 10.5. The van der Waals surface area contributed by atoms with Crippen LogP contribution in [0.3, 0.4) is 0 Å². The van der Waals surface area contributed by atoms with Crippen molar-refractivity contribution in [3.63, 3.8) is 0 Å². The molecule has 2 aromatic carbocycles. The number of piperidine rings is 1. The summed E-state index contributed by atoms with van der Waals surface area (Å²) in [5, 5.41) is 1.37. The number of amides is 2. The second kappa shape index (κ2) is 7.83. The minimum atomic E-state index is -3.35. The number of urea groups is 1. The zero-order valence-corrected chi connectivity index (χ0v) is 18.7. The summed E-state index contributed by atoms with van der Waals surface area (Å²) in [5.41, 5.74) is 6.40. The van der Waals surface area contributed by atoms with E-state index >= 15 is 0 Å². The van der Waals surface area contributed by atoms with E-state index in [9.17, 15) is 13.2 Å². The quantitative estimate of drug-likeness (QED) is 0.771. The molecular formula is C23H26N4O4S. The smallest absolute Gasteiger partial charge is 0.323 e. The minimum absolute atomic E-state index is 0.225. The van der Waals surface area contributed by atoms with Gasteiger partial charge in [-0.25, -0.2) is 23.5 Å². The van der Waals surface area contributed by atoms with Gasteiger partial charge in [-0.1, -0.05) is 48.5 Å². The maximum absolute atomic E-state index is 12.8. The van der Waals surface area contributed by atoms with E-state index in [4.69, 9.17) is 4.84 Å². The van der Waals surface area contributed by atoms with Crippen LogP contribution in [-0.4, -0.2) is 57.0 Å². The lowest BCUT2D eigenvalue weighted by Gasteiger charge is -2.40. The number of anilines is 1. The number of carbonyl (C=O) groups is 1. The van der Waals surface area contributed by atoms with Gasteiger partial charge in [0.15, 0.2) is 0 Å². The van der Waals surface area contributed by atoms with Gasteiger partial charge in [0.25, 0.3) is 0 Å². The Balaban J connectivity index is 1.25. The maximum Gasteiger partial charge on any atom is 0.338 e. The van der Waals surface area contributed by atoms with Crippen LogP contribution in [0.4, 0.5) is 10.5 Å². The van der Waals surface area contributed by atoms with Crippen molar-refractivity contribution in [3.05, 3.63) is 71.9 Å². The molecular weight excluding hydrogens is 428 g/mol. The molecule has 1 fully saturated rings. The lowest BCUT2D eigenvalue weighted by atomic mass is 9.74. The third kappa shape index (κ3) is 3.71. The Labute approximate surface area is 188 Å². The Morgan fingerprint density at radius 1 is 1.03 bits per heavy atom. The highest BCUT2D eigenvalue weighted by atomic mass is 32.2. The van der Waals surface area contributed by atoms with Crippen molar-refractivity contribution in [2.24, 2.45) is 0 Å².